The van der Waals surface area contributed by atoms with E-state index in [9.17, 15) is 0 Å². The van der Waals surface area contributed by atoms with E-state index in [-0.39, 0.29) is 0 Å². The molecule has 0 unspecified atom stereocenters. The van der Waals surface area contributed by atoms with Crippen LogP contribution in [0.5, 0.6) is 0 Å². The fourth-order valence-electron chi connectivity index (χ4n) is 2.73. The van der Waals surface area contributed by atoms with Crippen LogP contribution in [0.3, 0.4) is 0 Å². The summed E-state index contributed by atoms with van der Waals surface area (Å²) in [6.07, 6.45) is 1.96. The van der Waals surface area contributed by atoms with Gasteiger partial charge in [0.05, 0.1) is 36.1 Å². The summed E-state index contributed by atoms with van der Waals surface area (Å²) < 4.78 is 10.5. The molecule has 1 aliphatic rings. The molecule has 0 saturated carbocycles. The van der Waals surface area contributed by atoms with Crippen molar-refractivity contribution in [2.75, 3.05) is 34.7 Å². The highest BCUT2D eigenvalue weighted by molar-refractivity contribution is 14.1. The van der Waals surface area contributed by atoms with Gasteiger partial charge in [0.25, 0.3) is 0 Å². The van der Waals surface area contributed by atoms with Crippen molar-refractivity contribution in [1.29, 1.82) is 0 Å². The zero-order valence-electron chi connectivity index (χ0n) is 12.4. The van der Waals surface area contributed by atoms with E-state index in [0.717, 1.165) is 54.7 Å². The largest absolute Gasteiger partial charge is 0.378 e. The van der Waals surface area contributed by atoms with Crippen molar-refractivity contribution in [2.24, 2.45) is 0 Å². The Morgan fingerprint density at radius 1 is 1.09 bits per heavy atom. The minimum Gasteiger partial charge on any atom is -0.378 e. The number of anilines is 2. The van der Waals surface area contributed by atoms with Gasteiger partial charge in [-0.1, -0.05) is 0 Å². The average Bonchev–Trinajstić information content (AvgIpc) is 3.10. The molecule has 1 N–H and O–H groups in total. The average molecular weight is 421 g/mol. The van der Waals surface area contributed by atoms with Crippen LogP contribution < -0.4 is 8.43 Å². The molecule has 6 nitrogen and oxygen atoms in total. The lowest BCUT2D eigenvalue weighted by molar-refractivity contribution is 0.122. The summed E-state index contributed by atoms with van der Waals surface area (Å²) in [5.41, 5.74) is 3.09. The van der Waals surface area contributed by atoms with Crippen molar-refractivity contribution >= 4 is 39.9 Å². The first-order valence-corrected chi connectivity index (χ1v) is 8.58. The number of halogens is 1. The predicted molar refractivity (Wildman–Crippen MR) is 99.1 cm³/mol. The summed E-state index contributed by atoms with van der Waals surface area (Å²) in [6, 6.07) is 12.2. The third kappa shape index (κ3) is 2.86. The molecule has 0 radical (unpaired) electrons. The Morgan fingerprint density at radius 2 is 1.87 bits per heavy atom. The van der Waals surface area contributed by atoms with E-state index >= 15 is 0 Å². The lowest BCUT2D eigenvalue weighted by atomic mass is 10.2. The maximum atomic E-state index is 5.46. The van der Waals surface area contributed by atoms with Crippen LogP contribution in [0.15, 0.2) is 42.6 Å². The Morgan fingerprint density at radius 3 is 2.61 bits per heavy atom. The highest BCUT2D eigenvalue weighted by atomic mass is 127. The minimum atomic E-state index is 0.732. The summed E-state index contributed by atoms with van der Waals surface area (Å²) in [5, 5.41) is 4.64. The van der Waals surface area contributed by atoms with Crippen molar-refractivity contribution in [3.8, 4) is 11.4 Å². The van der Waals surface area contributed by atoms with Gasteiger partial charge in [-0.15, -0.1) is 5.10 Å². The van der Waals surface area contributed by atoms with Crippen LogP contribution in [-0.4, -0.2) is 40.9 Å². The molecule has 3 aromatic rings. The van der Waals surface area contributed by atoms with Crippen molar-refractivity contribution in [3.63, 3.8) is 0 Å². The van der Waals surface area contributed by atoms with Crippen LogP contribution in [0.4, 0.5) is 11.5 Å². The number of hydrogen-bond donors (Lipinski definition) is 1. The van der Waals surface area contributed by atoms with Gasteiger partial charge in [-0.3, -0.25) is 0 Å². The highest BCUT2D eigenvalue weighted by Gasteiger charge is 2.18. The van der Waals surface area contributed by atoms with Crippen LogP contribution in [-0.2, 0) is 4.74 Å². The number of ether oxygens (including phenoxy) is 1. The fourth-order valence-corrected chi connectivity index (χ4v) is 3.09. The van der Waals surface area contributed by atoms with Crippen molar-refractivity contribution < 1.29 is 4.74 Å². The van der Waals surface area contributed by atoms with Crippen LogP contribution in [0, 0.1) is 0 Å². The van der Waals surface area contributed by atoms with Crippen LogP contribution in [0.2, 0.25) is 0 Å². The van der Waals surface area contributed by atoms with E-state index in [1.807, 2.05) is 41.0 Å². The number of aromatic nitrogens is 3. The number of morpholine rings is 1. The summed E-state index contributed by atoms with van der Waals surface area (Å²) in [6.45, 7) is 3.19. The molecular formula is C16H16IN5O. The summed E-state index contributed by atoms with van der Waals surface area (Å²) in [4.78, 5) is 7.11. The van der Waals surface area contributed by atoms with Crippen LogP contribution >= 0.6 is 22.9 Å². The Kier molecular flexibility index (Phi) is 4.04. The van der Waals surface area contributed by atoms with Gasteiger partial charge >= 0.3 is 0 Å². The van der Waals surface area contributed by atoms with Gasteiger partial charge in [0.1, 0.15) is 5.52 Å². The predicted octanol–water partition coefficient (Wildman–Crippen LogP) is 2.99. The van der Waals surface area contributed by atoms with Crippen molar-refractivity contribution in [1.82, 2.24) is 14.6 Å². The Balaban J connectivity index is 1.80. The molecule has 0 bridgehead atoms. The van der Waals surface area contributed by atoms with Gasteiger partial charge in [-0.05, 0) is 36.4 Å². The van der Waals surface area contributed by atoms with E-state index in [2.05, 4.69) is 42.5 Å². The number of nitrogens with one attached hydrogen (secondary N) is 1. The van der Waals surface area contributed by atoms with Crippen LogP contribution in [0.1, 0.15) is 0 Å². The third-order valence-electron chi connectivity index (χ3n) is 3.93. The van der Waals surface area contributed by atoms with E-state index in [1.165, 1.54) is 0 Å². The molecule has 0 atom stereocenters. The SMILES string of the molecule is INc1ccc(-c2nc(N3CCOCC3)c3cccn3n2)cc1. The Bertz CT molecular complexity index is 811. The second kappa shape index (κ2) is 6.32. The number of benzene rings is 1. The number of nitrogens with zero attached hydrogens (tertiary/aromatic N) is 4. The molecule has 2 aromatic heterocycles. The third-order valence-corrected chi connectivity index (χ3v) is 4.56. The molecule has 4 rings (SSSR count). The van der Waals surface area contributed by atoms with E-state index < -0.39 is 0 Å². The van der Waals surface area contributed by atoms with Gasteiger partial charge in [0.2, 0.25) is 0 Å². The molecule has 1 aromatic carbocycles. The van der Waals surface area contributed by atoms with Gasteiger partial charge in [-0.25, -0.2) is 9.50 Å². The molecule has 1 aliphatic heterocycles. The van der Waals surface area contributed by atoms with Crippen LogP contribution in [0.25, 0.3) is 16.9 Å². The van der Waals surface area contributed by atoms with Gasteiger partial charge < -0.3 is 13.2 Å². The summed E-state index contributed by atoms with van der Waals surface area (Å²) >= 11 is 2.12. The molecule has 0 amide bonds. The monoisotopic (exact) mass is 421 g/mol. The van der Waals surface area contributed by atoms with Crippen molar-refractivity contribution in [3.05, 3.63) is 42.6 Å². The maximum absolute atomic E-state index is 5.46. The zero-order valence-corrected chi connectivity index (χ0v) is 14.6. The lowest BCUT2D eigenvalue weighted by Gasteiger charge is -2.28. The van der Waals surface area contributed by atoms with Crippen molar-refractivity contribution in [2.45, 2.75) is 0 Å². The summed E-state index contributed by atoms with van der Waals surface area (Å²) in [7, 11) is 0. The van der Waals surface area contributed by atoms with Gasteiger partial charge in [0.15, 0.2) is 11.6 Å². The molecule has 118 valence electrons. The molecular weight excluding hydrogens is 405 g/mol. The topological polar surface area (TPSA) is 54.7 Å². The molecule has 1 fully saturated rings. The molecule has 7 heteroatoms. The first-order chi connectivity index (χ1) is 11.3. The molecule has 0 aliphatic carbocycles. The number of hydrogen-bond acceptors (Lipinski definition) is 5. The van der Waals surface area contributed by atoms with Gasteiger partial charge in [0, 0.05) is 30.5 Å². The second-order valence-electron chi connectivity index (χ2n) is 5.37. The van der Waals surface area contributed by atoms with E-state index in [4.69, 9.17) is 9.72 Å². The number of rotatable bonds is 3. The minimum absolute atomic E-state index is 0.732. The second-order valence-corrected chi connectivity index (χ2v) is 5.91. The lowest BCUT2D eigenvalue weighted by Crippen LogP contribution is -2.37. The smallest absolute Gasteiger partial charge is 0.182 e. The Hall–Kier alpha value is -1.87. The maximum Gasteiger partial charge on any atom is 0.182 e. The molecule has 3 heterocycles. The van der Waals surface area contributed by atoms with E-state index in [0.29, 0.717) is 0 Å². The normalized spacial score (nSPS) is 15.1. The first-order valence-electron chi connectivity index (χ1n) is 7.50. The number of fused-ring (bicyclic) bond motifs is 1. The quantitative estimate of drug-likeness (QED) is 0.521. The first kappa shape index (κ1) is 14.7. The highest BCUT2D eigenvalue weighted by Crippen LogP contribution is 2.25. The Labute approximate surface area is 148 Å². The molecule has 23 heavy (non-hydrogen) atoms. The molecule has 1 saturated heterocycles. The van der Waals surface area contributed by atoms with E-state index in [1.54, 1.807) is 0 Å². The fraction of sp³-hybridized carbons (Fsp3) is 0.250. The molecule has 0 spiro atoms. The zero-order chi connectivity index (χ0) is 15.6. The van der Waals surface area contributed by atoms with Gasteiger partial charge in [-0.2, -0.15) is 0 Å². The summed E-state index contributed by atoms with van der Waals surface area (Å²) in [5.74, 6) is 1.70. The standard InChI is InChI=1S/C16H16IN5O/c17-19-13-5-3-12(4-6-13)15-18-16(21-8-10-23-11-9-21)14-2-1-7-22(14)20-15/h1-7,19H,8-11H2.